The Kier molecular flexibility index (Phi) is 5.38. The number of fused-ring (bicyclic) bond motifs is 1. The fraction of sp³-hybridized carbons (Fsp3) is 0.684. The van der Waals surface area contributed by atoms with E-state index in [1.165, 1.54) is 11.3 Å². The molecule has 0 N–H and O–H groups in total. The normalized spacial score (nSPS) is 21.8. The molecule has 0 radical (unpaired) electrons. The average Bonchev–Trinajstić information content (AvgIpc) is 3.24. The summed E-state index contributed by atoms with van der Waals surface area (Å²) in [5.74, 6) is 1.54. The highest BCUT2D eigenvalue weighted by Gasteiger charge is 2.27. The summed E-state index contributed by atoms with van der Waals surface area (Å²) >= 11 is 0. The third-order valence-electron chi connectivity index (χ3n) is 5.52. The van der Waals surface area contributed by atoms with Gasteiger partial charge in [0.1, 0.15) is 5.76 Å². The standard InChI is InChI=1S/C19H28N4O3/c1-14-19(15(2)26-21-14)11-22-9-17-3-6-20-23(17)18(10-22)13-25-12-16-4-7-24-8-5-16/h3,6,16,18H,4-5,7-13H2,1-2H3. The first-order chi connectivity index (χ1) is 12.7. The minimum absolute atomic E-state index is 0.245. The molecule has 0 aromatic carbocycles. The molecule has 7 heteroatoms. The van der Waals surface area contributed by atoms with Crippen molar-refractivity contribution in [3.05, 3.63) is 35.0 Å². The summed E-state index contributed by atoms with van der Waals surface area (Å²) in [4.78, 5) is 2.44. The Labute approximate surface area is 154 Å². The van der Waals surface area contributed by atoms with Gasteiger partial charge in [0.25, 0.3) is 0 Å². The number of aryl methyl sites for hydroxylation is 2. The summed E-state index contributed by atoms with van der Waals surface area (Å²) in [6, 6.07) is 2.35. The van der Waals surface area contributed by atoms with Gasteiger partial charge in [0.15, 0.2) is 0 Å². The van der Waals surface area contributed by atoms with Crippen molar-refractivity contribution in [1.82, 2.24) is 19.8 Å². The van der Waals surface area contributed by atoms with Gasteiger partial charge in [0, 0.05) is 51.2 Å². The van der Waals surface area contributed by atoms with Crippen molar-refractivity contribution in [1.29, 1.82) is 0 Å². The predicted octanol–water partition coefficient (Wildman–Crippen LogP) is 2.49. The van der Waals surface area contributed by atoms with E-state index in [4.69, 9.17) is 14.0 Å². The number of aromatic nitrogens is 3. The van der Waals surface area contributed by atoms with Gasteiger partial charge in [-0.2, -0.15) is 5.10 Å². The summed E-state index contributed by atoms with van der Waals surface area (Å²) in [5, 5.41) is 8.61. The lowest BCUT2D eigenvalue weighted by Crippen LogP contribution is -2.39. The highest BCUT2D eigenvalue weighted by atomic mass is 16.5. The molecule has 2 aromatic heterocycles. The highest BCUT2D eigenvalue weighted by molar-refractivity contribution is 5.21. The van der Waals surface area contributed by atoms with Gasteiger partial charge in [-0.05, 0) is 38.7 Å². The van der Waals surface area contributed by atoms with Gasteiger partial charge in [-0.25, -0.2) is 0 Å². The SMILES string of the molecule is Cc1noc(C)c1CN1Cc2ccnn2C(COCC2CCOCC2)C1. The van der Waals surface area contributed by atoms with E-state index in [1.807, 2.05) is 20.0 Å². The smallest absolute Gasteiger partial charge is 0.138 e. The molecule has 2 aliphatic heterocycles. The van der Waals surface area contributed by atoms with Crippen LogP contribution in [-0.4, -0.2) is 52.8 Å². The van der Waals surface area contributed by atoms with Gasteiger partial charge in [0.2, 0.25) is 0 Å². The van der Waals surface area contributed by atoms with Crippen molar-refractivity contribution < 1.29 is 14.0 Å². The van der Waals surface area contributed by atoms with Crippen LogP contribution in [0.1, 0.15) is 41.6 Å². The second kappa shape index (κ2) is 7.90. The lowest BCUT2D eigenvalue weighted by molar-refractivity contribution is 0.00331. The maximum Gasteiger partial charge on any atom is 0.138 e. The second-order valence-electron chi connectivity index (χ2n) is 7.49. The number of hydrogen-bond acceptors (Lipinski definition) is 6. The maximum atomic E-state index is 6.10. The van der Waals surface area contributed by atoms with Crippen molar-refractivity contribution in [3.8, 4) is 0 Å². The number of hydrogen-bond donors (Lipinski definition) is 0. The van der Waals surface area contributed by atoms with Gasteiger partial charge >= 0.3 is 0 Å². The number of ether oxygens (including phenoxy) is 2. The van der Waals surface area contributed by atoms with Crippen LogP contribution in [0.3, 0.4) is 0 Å². The van der Waals surface area contributed by atoms with Crippen molar-refractivity contribution in [2.75, 3.05) is 33.0 Å². The van der Waals surface area contributed by atoms with E-state index in [2.05, 4.69) is 25.9 Å². The van der Waals surface area contributed by atoms with Gasteiger partial charge < -0.3 is 14.0 Å². The molecule has 1 unspecified atom stereocenters. The van der Waals surface area contributed by atoms with Crippen LogP contribution in [0.4, 0.5) is 0 Å². The van der Waals surface area contributed by atoms with Crippen LogP contribution in [-0.2, 0) is 22.6 Å². The molecule has 4 heterocycles. The summed E-state index contributed by atoms with van der Waals surface area (Å²) in [5.41, 5.74) is 3.41. The van der Waals surface area contributed by atoms with Crippen LogP contribution >= 0.6 is 0 Å². The maximum absolute atomic E-state index is 6.10. The fourth-order valence-corrected chi connectivity index (χ4v) is 3.94. The quantitative estimate of drug-likeness (QED) is 0.789. The van der Waals surface area contributed by atoms with Crippen LogP contribution in [0.5, 0.6) is 0 Å². The average molecular weight is 360 g/mol. The predicted molar refractivity (Wildman–Crippen MR) is 95.7 cm³/mol. The summed E-state index contributed by atoms with van der Waals surface area (Å²) in [7, 11) is 0. The summed E-state index contributed by atoms with van der Waals surface area (Å²) < 4.78 is 19.0. The molecule has 1 fully saturated rings. The molecule has 4 rings (SSSR count). The van der Waals surface area contributed by atoms with Crippen molar-refractivity contribution in [2.24, 2.45) is 5.92 Å². The van der Waals surface area contributed by atoms with Gasteiger partial charge in [-0.3, -0.25) is 9.58 Å². The van der Waals surface area contributed by atoms with Crippen LogP contribution in [0.25, 0.3) is 0 Å². The molecular formula is C19H28N4O3. The number of nitrogens with zero attached hydrogens (tertiary/aromatic N) is 4. The third kappa shape index (κ3) is 3.84. The van der Waals surface area contributed by atoms with Gasteiger partial charge in [-0.15, -0.1) is 0 Å². The van der Waals surface area contributed by atoms with Crippen molar-refractivity contribution in [3.63, 3.8) is 0 Å². The molecule has 1 atom stereocenters. The Bertz CT molecular complexity index is 701. The zero-order valence-corrected chi connectivity index (χ0v) is 15.7. The Hall–Kier alpha value is -1.70. The first kappa shape index (κ1) is 17.7. The molecule has 0 bridgehead atoms. The Morgan fingerprint density at radius 1 is 1.23 bits per heavy atom. The third-order valence-corrected chi connectivity index (χ3v) is 5.52. The molecule has 1 saturated heterocycles. The Morgan fingerprint density at radius 2 is 2.08 bits per heavy atom. The van der Waals surface area contributed by atoms with Crippen LogP contribution in [0.2, 0.25) is 0 Å². The summed E-state index contributed by atoms with van der Waals surface area (Å²) in [6.45, 7) is 9.91. The first-order valence-electron chi connectivity index (χ1n) is 9.52. The Morgan fingerprint density at radius 3 is 2.85 bits per heavy atom. The van der Waals surface area contributed by atoms with Gasteiger partial charge in [0.05, 0.1) is 24.0 Å². The molecule has 0 spiro atoms. The molecule has 7 nitrogen and oxygen atoms in total. The van der Waals surface area contributed by atoms with Crippen LogP contribution < -0.4 is 0 Å². The van der Waals surface area contributed by atoms with E-state index in [9.17, 15) is 0 Å². The van der Waals surface area contributed by atoms with Crippen LogP contribution in [0, 0.1) is 19.8 Å². The minimum atomic E-state index is 0.245. The first-order valence-corrected chi connectivity index (χ1v) is 9.52. The summed E-state index contributed by atoms with van der Waals surface area (Å²) in [6.07, 6.45) is 4.10. The molecule has 142 valence electrons. The van der Waals surface area contributed by atoms with Crippen molar-refractivity contribution in [2.45, 2.75) is 45.8 Å². The molecule has 0 amide bonds. The molecule has 2 aromatic rings. The van der Waals surface area contributed by atoms with Gasteiger partial charge in [-0.1, -0.05) is 5.16 Å². The fourth-order valence-electron chi connectivity index (χ4n) is 3.94. The van der Waals surface area contributed by atoms with E-state index < -0.39 is 0 Å². The van der Waals surface area contributed by atoms with Crippen LogP contribution in [0.15, 0.2) is 16.8 Å². The second-order valence-corrected chi connectivity index (χ2v) is 7.49. The van der Waals surface area contributed by atoms with Crippen molar-refractivity contribution >= 4 is 0 Å². The monoisotopic (exact) mass is 360 g/mol. The van der Waals surface area contributed by atoms with E-state index in [0.717, 1.165) is 63.8 Å². The van der Waals surface area contributed by atoms with E-state index in [1.54, 1.807) is 0 Å². The Balaban J connectivity index is 1.38. The zero-order chi connectivity index (χ0) is 17.9. The van der Waals surface area contributed by atoms with E-state index in [-0.39, 0.29) is 6.04 Å². The molecular weight excluding hydrogens is 332 g/mol. The number of rotatable bonds is 6. The van der Waals surface area contributed by atoms with E-state index in [0.29, 0.717) is 12.5 Å². The highest BCUT2D eigenvalue weighted by Crippen LogP contribution is 2.25. The topological polar surface area (TPSA) is 65.6 Å². The van der Waals surface area contributed by atoms with E-state index >= 15 is 0 Å². The minimum Gasteiger partial charge on any atom is -0.381 e. The lowest BCUT2D eigenvalue weighted by Gasteiger charge is -2.34. The largest absolute Gasteiger partial charge is 0.381 e. The zero-order valence-electron chi connectivity index (χ0n) is 15.7. The lowest BCUT2D eigenvalue weighted by atomic mass is 10.0. The molecule has 0 saturated carbocycles. The molecule has 2 aliphatic rings. The molecule has 26 heavy (non-hydrogen) atoms. The molecule has 0 aliphatic carbocycles.